The van der Waals surface area contributed by atoms with Gasteiger partial charge in [-0.3, -0.25) is 4.68 Å². The first-order valence-corrected chi connectivity index (χ1v) is 8.05. The van der Waals surface area contributed by atoms with Crippen LogP contribution in [-0.4, -0.2) is 22.1 Å². The molecular formula is C18H27N3O. The van der Waals surface area contributed by atoms with E-state index in [1.807, 2.05) is 4.68 Å². The quantitative estimate of drug-likeness (QED) is 0.810. The van der Waals surface area contributed by atoms with E-state index in [2.05, 4.69) is 57.2 Å². The van der Waals surface area contributed by atoms with E-state index in [1.165, 1.54) is 22.3 Å². The lowest BCUT2D eigenvalue weighted by Gasteiger charge is -2.22. The average molecular weight is 301 g/mol. The van der Waals surface area contributed by atoms with Gasteiger partial charge in [0.25, 0.3) is 0 Å². The summed E-state index contributed by atoms with van der Waals surface area (Å²) < 4.78 is 7.38. The first kappa shape index (κ1) is 16.5. The molecule has 0 spiro atoms. The van der Waals surface area contributed by atoms with Crippen LogP contribution in [0.2, 0.25) is 0 Å². The van der Waals surface area contributed by atoms with Gasteiger partial charge in [0, 0.05) is 12.7 Å². The Morgan fingerprint density at radius 2 is 1.91 bits per heavy atom. The Kier molecular flexibility index (Phi) is 5.22. The molecule has 0 aliphatic rings. The van der Waals surface area contributed by atoms with Crippen molar-refractivity contribution in [1.82, 2.24) is 15.0 Å². The van der Waals surface area contributed by atoms with Crippen LogP contribution in [0.15, 0.2) is 12.3 Å². The molecule has 2 aromatic rings. The molecule has 0 aliphatic carbocycles. The second-order valence-electron chi connectivity index (χ2n) is 5.93. The SMILES string of the molecule is CCC(Cc1cn(CC)nn1)c1c(C)cc(OC)c(C)c1C. The van der Waals surface area contributed by atoms with Crippen molar-refractivity contribution in [3.63, 3.8) is 0 Å². The fraction of sp³-hybridized carbons (Fsp3) is 0.556. The maximum Gasteiger partial charge on any atom is 0.122 e. The second-order valence-corrected chi connectivity index (χ2v) is 5.93. The summed E-state index contributed by atoms with van der Waals surface area (Å²) in [5.74, 6) is 1.44. The fourth-order valence-electron chi connectivity index (χ4n) is 3.19. The Bertz CT molecular complexity index is 646. The van der Waals surface area contributed by atoms with E-state index in [-0.39, 0.29) is 0 Å². The average Bonchev–Trinajstić information content (AvgIpc) is 2.97. The zero-order valence-corrected chi connectivity index (χ0v) is 14.6. The standard InChI is InChI=1S/C18H27N3O/c1-7-15(10-16-11-21(8-2)20-19-16)18-12(3)9-17(22-6)13(4)14(18)5/h9,11,15H,7-8,10H2,1-6H3. The van der Waals surface area contributed by atoms with E-state index in [1.54, 1.807) is 7.11 Å². The van der Waals surface area contributed by atoms with Crippen LogP contribution in [-0.2, 0) is 13.0 Å². The van der Waals surface area contributed by atoms with Crippen LogP contribution in [0.4, 0.5) is 0 Å². The van der Waals surface area contributed by atoms with Gasteiger partial charge in [0.15, 0.2) is 0 Å². The van der Waals surface area contributed by atoms with Crippen molar-refractivity contribution < 1.29 is 4.74 Å². The van der Waals surface area contributed by atoms with E-state index < -0.39 is 0 Å². The molecule has 0 amide bonds. The monoisotopic (exact) mass is 301 g/mol. The molecule has 0 saturated carbocycles. The Hall–Kier alpha value is -1.84. The summed E-state index contributed by atoms with van der Waals surface area (Å²) in [7, 11) is 1.74. The zero-order chi connectivity index (χ0) is 16.3. The molecule has 22 heavy (non-hydrogen) atoms. The number of hydrogen-bond acceptors (Lipinski definition) is 3. The van der Waals surface area contributed by atoms with E-state index in [9.17, 15) is 0 Å². The van der Waals surface area contributed by atoms with Crippen molar-refractivity contribution in [2.45, 2.75) is 59.9 Å². The highest BCUT2D eigenvalue weighted by molar-refractivity contribution is 5.49. The first-order chi connectivity index (χ1) is 10.5. The molecule has 1 atom stereocenters. The number of ether oxygens (including phenoxy) is 1. The minimum atomic E-state index is 0.464. The summed E-state index contributed by atoms with van der Waals surface area (Å²) in [6.45, 7) is 11.7. The van der Waals surface area contributed by atoms with Gasteiger partial charge >= 0.3 is 0 Å². The molecule has 0 fully saturated rings. The minimum absolute atomic E-state index is 0.464. The van der Waals surface area contributed by atoms with Gasteiger partial charge in [-0.1, -0.05) is 12.1 Å². The predicted molar refractivity (Wildman–Crippen MR) is 89.6 cm³/mol. The summed E-state index contributed by atoms with van der Waals surface area (Å²) in [5.41, 5.74) is 6.38. The normalized spacial score (nSPS) is 12.5. The molecule has 1 unspecified atom stereocenters. The van der Waals surface area contributed by atoms with Crippen LogP contribution >= 0.6 is 0 Å². The van der Waals surface area contributed by atoms with Crippen LogP contribution in [0.25, 0.3) is 0 Å². The highest BCUT2D eigenvalue weighted by Crippen LogP contribution is 2.35. The van der Waals surface area contributed by atoms with Crippen LogP contribution in [0.5, 0.6) is 5.75 Å². The molecule has 0 saturated heterocycles. The molecule has 0 radical (unpaired) electrons. The summed E-state index contributed by atoms with van der Waals surface area (Å²) >= 11 is 0. The Balaban J connectivity index is 2.36. The Labute approximate surface area is 133 Å². The van der Waals surface area contributed by atoms with E-state index in [4.69, 9.17) is 4.74 Å². The molecule has 120 valence electrons. The van der Waals surface area contributed by atoms with Gasteiger partial charge in [0.05, 0.1) is 12.8 Å². The summed E-state index contributed by atoms with van der Waals surface area (Å²) in [6.07, 6.45) is 4.08. The van der Waals surface area contributed by atoms with Crippen molar-refractivity contribution in [2.24, 2.45) is 0 Å². The van der Waals surface area contributed by atoms with Gasteiger partial charge in [-0.05, 0) is 74.8 Å². The fourth-order valence-corrected chi connectivity index (χ4v) is 3.19. The molecule has 2 rings (SSSR count). The van der Waals surface area contributed by atoms with Crippen LogP contribution < -0.4 is 4.74 Å². The van der Waals surface area contributed by atoms with Crippen molar-refractivity contribution in [1.29, 1.82) is 0 Å². The number of nitrogens with zero attached hydrogens (tertiary/aromatic N) is 3. The number of aromatic nitrogens is 3. The third-order valence-electron chi connectivity index (χ3n) is 4.60. The molecule has 1 aromatic carbocycles. The Morgan fingerprint density at radius 1 is 1.18 bits per heavy atom. The van der Waals surface area contributed by atoms with Crippen molar-refractivity contribution in [3.05, 3.63) is 40.2 Å². The molecule has 0 aliphatic heterocycles. The van der Waals surface area contributed by atoms with E-state index in [0.29, 0.717) is 5.92 Å². The number of rotatable bonds is 6. The summed E-state index contributed by atoms with van der Waals surface area (Å²) in [4.78, 5) is 0. The highest BCUT2D eigenvalue weighted by Gasteiger charge is 2.19. The van der Waals surface area contributed by atoms with E-state index in [0.717, 1.165) is 30.8 Å². The third kappa shape index (κ3) is 3.16. The lowest BCUT2D eigenvalue weighted by atomic mass is 9.84. The number of hydrogen-bond donors (Lipinski definition) is 0. The van der Waals surface area contributed by atoms with Gasteiger partial charge in [-0.2, -0.15) is 0 Å². The highest BCUT2D eigenvalue weighted by atomic mass is 16.5. The van der Waals surface area contributed by atoms with Crippen LogP contribution in [0, 0.1) is 20.8 Å². The van der Waals surface area contributed by atoms with Gasteiger partial charge in [-0.25, -0.2) is 0 Å². The van der Waals surface area contributed by atoms with Gasteiger partial charge < -0.3 is 4.74 Å². The molecule has 4 nitrogen and oxygen atoms in total. The first-order valence-electron chi connectivity index (χ1n) is 8.05. The van der Waals surface area contributed by atoms with Gasteiger partial charge in [-0.15, -0.1) is 5.10 Å². The van der Waals surface area contributed by atoms with Gasteiger partial charge in [0.2, 0.25) is 0 Å². The van der Waals surface area contributed by atoms with Crippen LogP contribution in [0.1, 0.15) is 54.1 Å². The predicted octanol–water partition coefficient (Wildman–Crippen LogP) is 3.97. The van der Waals surface area contributed by atoms with Crippen LogP contribution in [0.3, 0.4) is 0 Å². The molecule has 4 heteroatoms. The minimum Gasteiger partial charge on any atom is -0.496 e. The maximum atomic E-state index is 5.49. The molecule has 0 N–H and O–H groups in total. The summed E-state index contributed by atoms with van der Waals surface area (Å²) in [6, 6.07) is 2.16. The summed E-state index contributed by atoms with van der Waals surface area (Å²) in [5, 5.41) is 8.46. The van der Waals surface area contributed by atoms with Gasteiger partial charge in [0.1, 0.15) is 5.75 Å². The van der Waals surface area contributed by atoms with E-state index >= 15 is 0 Å². The maximum absolute atomic E-state index is 5.49. The topological polar surface area (TPSA) is 39.9 Å². The Morgan fingerprint density at radius 3 is 2.45 bits per heavy atom. The third-order valence-corrected chi connectivity index (χ3v) is 4.60. The lowest BCUT2D eigenvalue weighted by molar-refractivity contribution is 0.410. The number of benzene rings is 1. The second kappa shape index (κ2) is 6.95. The largest absolute Gasteiger partial charge is 0.496 e. The number of aryl methyl sites for hydroxylation is 2. The van der Waals surface area contributed by atoms with Crippen molar-refractivity contribution in [3.8, 4) is 5.75 Å². The van der Waals surface area contributed by atoms with Crippen molar-refractivity contribution in [2.75, 3.05) is 7.11 Å². The molecular weight excluding hydrogens is 274 g/mol. The molecule has 1 aromatic heterocycles. The lowest BCUT2D eigenvalue weighted by Crippen LogP contribution is -2.08. The zero-order valence-electron chi connectivity index (χ0n) is 14.6. The smallest absolute Gasteiger partial charge is 0.122 e. The van der Waals surface area contributed by atoms with Crippen molar-refractivity contribution >= 4 is 0 Å². The molecule has 0 bridgehead atoms. The number of methoxy groups -OCH3 is 1. The molecule has 1 heterocycles.